The molecule has 0 aliphatic rings. The van der Waals surface area contributed by atoms with Crippen LogP contribution in [0, 0.1) is 0 Å². The molecule has 1 N–H and O–H groups in total. The van der Waals surface area contributed by atoms with Gasteiger partial charge in [0.2, 0.25) is 0 Å². The summed E-state index contributed by atoms with van der Waals surface area (Å²) >= 11 is 1.60. The van der Waals surface area contributed by atoms with Gasteiger partial charge in [-0.3, -0.25) is 4.79 Å². The first-order chi connectivity index (χ1) is 13.3. The number of rotatable bonds is 5. The monoisotopic (exact) mass is 374 g/mol. The largest absolute Gasteiger partial charge is 0.492 e. The number of para-hydroxylation sites is 3. The lowest BCUT2D eigenvalue weighted by Gasteiger charge is -2.13. The topological polar surface area (TPSA) is 51.2 Å². The Labute approximate surface area is 161 Å². The highest BCUT2D eigenvalue weighted by atomic mass is 32.1. The number of nitrogens with zero attached hydrogens (tertiary/aromatic N) is 1. The number of hydrogen-bond acceptors (Lipinski definition) is 4. The first-order valence-corrected chi connectivity index (χ1v) is 9.61. The van der Waals surface area contributed by atoms with Gasteiger partial charge in [-0.2, -0.15) is 0 Å². The molecule has 0 saturated carbocycles. The van der Waals surface area contributed by atoms with E-state index in [1.807, 2.05) is 79.0 Å². The van der Waals surface area contributed by atoms with Gasteiger partial charge in [0.25, 0.3) is 5.91 Å². The fourth-order valence-electron chi connectivity index (χ4n) is 2.95. The van der Waals surface area contributed by atoms with Crippen LogP contribution in [-0.4, -0.2) is 17.5 Å². The van der Waals surface area contributed by atoms with Crippen molar-refractivity contribution in [1.29, 1.82) is 0 Å². The van der Waals surface area contributed by atoms with E-state index in [0.29, 0.717) is 23.6 Å². The Hall–Kier alpha value is -3.18. The summed E-state index contributed by atoms with van der Waals surface area (Å²) in [6.45, 7) is 2.45. The second-order valence-electron chi connectivity index (χ2n) is 5.93. The molecular formula is C22H18N2O2S. The molecule has 134 valence electrons. The highest BCUT2D eigenvalue weighted by molar-refractivity contribution is 7.13. The molecule has 0 radical (unpaired) electrons. The molecule has 27 heavy (non-hydrogen) atoms. The molecule has 0 unspecified atom stereocenters. The Kier molecular flexibility index (Phi) is 4.85. The average Bonchev–Trinajstić information content (AvgIpc) is 3.23. The fraction of sp³-hybridized carbons (Fsp3) is 0.0909. The molecule has 0 aliphatic carbocycles. The number of nitrogens with one attached hydrogen (secondary N) is 1. The molecule has 4 rings (SSSR count). The van der Waals surface area contributed by atoms with E-state index in [-0.39, 0.29) is 5.91 Å². The summed E-state index contributed by atoms with van der Waals surface area (Å²) in [5.41, 5.74) is 2.84. The minimum absolute atomic E-state index is 0.182. The smallest absolute Gasteiger partial charge is 0.256 e. The third kappa shape index (κ3) is 3.55. The first kappa shape index (κ1) is 17.2. The van der Waals surface area contributed by atoms with Gasteiger partial charge in [0.15, 0.2) is 0 Å². The van der Waals surface area contributed by atoms with Crippen molar-refractivity contribution in [2.75, 3.05) is 11.9 Å². The predicted molar refractivity (Wildman–Crippen MR) is 111 cm³/mol. The summed E-state index contributed by atoms with van der Waals surface area (Å²) < 4.78 is 5.62. The summed E-state index contributed by atoms with van der Waals surface area (Å²) in [7, 11) is 0. The van der Waals surface area contributed by atoms with E-state index in [1.165, 1.54) is 0 Å². The molecule has 0 atom stereocenters. The number of benzene rings is 2. The van der Waals surface area contributed by atoms with Crippen molar-refractivity contribution < 1.29 is 9.53 Å². The van der Waals surface area contributed by atoms with Gasteiger partial charge in [-0.05, 0) is 42.6 Å². The minimum Gasteiger partial charge on any atom is -0.492 e. The number of pyridine rings is 1. The number of carbonyl (C=O) groups excluding carboxylic acids is 1. The van der Waals surface area contributed by atoms with Crippen molar-refractivity contribution in [3.63, 3.8) is 0 Å². The Morgan fingerprint density at radius 3 is 2.70 bits per heavy atom. The van der Waals surface area contributed by atoms with E-state index in [0.717, 1.165) is 21.5 Å². The van der Waals surface area contributed by atoms with Gasteiger partial charge in [0.1, 0.15) is 5.75 Å². The van der Waals surface area contributed by atoms with Gasteiger partial charge in [-0.25, -0.2) is 4.98 Å². The van der Waals surface area contributed by atoms with Gasteiger partial charge in [0, 0.05) is 5.39 Å². The summed E-state index contributed by atoms with van der Waals surface area (Å²) in [4.78, 5) is 18.9. The van der Waals surface area contributed by atoms with Crippen LogP contribution in [0.25, 0.3) is 21.5 Å². The van der Waals surface area contributed by atoms with Crippen molar-refractivity contribution in [2.24, 2.45) is 0 Å². The van der Waals surface area contributed by atoms with Crippen molar-refractivity contribution in [2.45, 2.75) is 6.92 Å². The zero-order valence-corrected chi connectivity index (χ0v) is 15.6. The first-order valence-electron chi connectivity index (χ1n) is 8.73. The van der Waals surface area contributed by atoms with Gasteiger partial charge in [-0.1, -0.05) is 36.4 Å². The van der Waals surface area contributed by atoms with Crippen LogP contribution in [0.4, 0.5) is 5.69 Å². The van der Waals surface area contributed by atoms with Crippen molar-refractivity contribution in [1.82, 2.24) is 4.98 Å². The van der Waals surface area contributed by atoms with Crippen molar-refractivity contribution in [3.8, 4) is 16.3 Å². The zero-order chi connectivity index (χ0) is 18.6. The minimum atomic E-state index is -0.182. The van der Waals surface area contributed by atoms with Crippen LogP contribution in [0.5, 0.6) is 5.75 Å². The van der Waals surface area contributed by atoms with E-state index in [9.17, 15) is 4.79 Å². The molecule has 0 fully saturated rings. The molecule has 0 spiro atoms. The number of thiophene rings is 1. The number of aromatic nitrogens is 1. The predicted octanol–water partition coefficient (Wildman–Crippen LogP) is 5.61. The van der Waals surface area contributed by atoms with E-state index >= 15 is 0 Å². The van der Waals surface area contributed by atoms with Gasteiger partial charge in [-0.15, -0.1) is 11.3 Å². The molecule has 0 aliphatic heterocycles. The third-order valence-corrected chi connectivity index (χ3v) is 5.06. The van der Waals surface area contributed by atoms with E-state index in [4.69, 9.17) is 9.72 Å². The molecule has 4 nitrogen and oxygen atoms in total. The molecule has 4 aromatic rings. The Morgan fingerprint density at radius 2 is 1.89 bits per heavy atom. The maximum Gasteiger partial charge on any atom is 0.256 e. The quantitative estimate of drug-likeness (QED) is 0.494. The Balaban J connectivity index is 1.77. The molecule has 2 heterocycles. The summed E-state index contributed by atoms with van der Waals surface area (Å²) in [6, 6.07) is 21.0. The maximum atomic E-state index is 13.1. The SMILES string of the molecule is CCOc1ccccc1NC(=O)c1cc(-c2cccs2)nc2ccccc12. The Morgan fingerprint density at radius 1 is 1.07 bits per heavy atom. The van der Waals surface area contributed by atoms with Crippen LogP contribution in [-0.2, 0) is 0 Å². The number of fused-ring (bicyclic) bond motifs is 1. The lowest BCUT2D eigenvalue weighted by atomic mass is 10.1. The van der Waals surface area contributed by atoms with Crippen LogP contribution in [0.2, 0.25) is 0 Å². The molecule has 1 amide bonds. The van der Waals surface area contributed by atoms with E-state index in [1.54, 1.807) is 11.3 Å². The van der Waals surface area contributed by atoms with Gasteiger partial charge in [0.05, 0.1) is 33.9 Å². The number of carbonyl (C=O) groups is 1. The van der Waals surface area contributed by atoms with Crippen LogP contribution in [0.3, 0.4) is 0 Å². The molecule has 5 heteroatoms. The standard InChI is InChI=1S/C22H18N2O2S/c1-2-26-20-11-6-5-10-18(20)24-22(25)16-14-19(21-12-7-13-27-21)23-17-9-4-3-8-15(16)17/h3-14H,2H2,1H3,(H,24,25). The van der Waals surface area contributed by atoms with Crippen LogP contribution in [0.1, 0.15) is 17.3 Å². The maximum absolute atomic E-state index is 13.1. The molecule has 2 aromatic carbocycles. The number of amides is 1. The number of anilines is 1. The van der Waals surface area contributed by atoms with E-state index < -0.39 is 0 Å². The summed E-state index contributed by atoms with van der Waals surface area (Å²) in [5.74, 6) is 0.476. The zero-order valence-electron chi connectivity index (χ0n) is 14.8. The normalized spacial score (nSPS) is 10.7. The van der Waals surface area contributed by atoms with Gasteiger partial charge >= 0.3 is 0 Å². The second kappa shape index (κ2) is 7.60. The Bertz CT molecular complexity index is 1090. The number of hydrogen-bond donors (Lipinski definition) is 1. The highest BCUT2D eigenvalue weighted by Crippen LogP contribution is 2.29. The van der Waals surface area contributed by atoms with E-state index in [2.05, 4.69) is 5.32 Å². The molecule has 2 aromatic heterocycles. The molecular weight excluding hydrogens is 356 g/mol. The van der Waals surface area contributed by atoms with Crippen LogP contribution < -0.4 is 10.1 Å². The van der Waals surface area contributed by atoms with Crippen LogP contribution in [0.15, 0.2) is 72.1 Å². The van der Waals surface area contributed by atoms with Crippen LogP contribution >= 0.6 is 11.3 Å². The average molecular weight is 374 g/mol. The summed E-state index contributed by atoms with van der Waals surface area (Å²) in [6.07, 6.45) is 0. The van der Waals surface area contributed by atoms with Crippen molar-refractivity contribution in [3.05, 3.63) is 77.7 Å². The molecule has 0 bridgehead atoms. The van der Waals surface area contributed by atoms with Crippen molar-refractivity contribution >= 4 is 33.8 Å². The lowest BCUT2D eigenvalue weighted by molar-refractivity contribution is 0.102. The lowest BCUT2D eigenvalue weighted by Crippen LogP contribution is -2.14. The third-order valence-electron chi connectivity index (χ3n) is 4.17. The summed E-state index contributed by atoms with van der Waals surface area (Å²) in [5, 5.41) is 5.82. The highest BCUT2D eigenvalue weighted by Gasteiger charge is 2.16. The van der Waals surface area contributed by atoms with Gasteiger partial charge < -0.3 is 10.1 Å². The second-order valence-corrected chi connectivity index (χ2v) is 6.88. The number of ether oxygens (including phenoxy) is 1. The molecule has 0 saturated heterocycles. The fourth-order valence-corrected chi connectivity index (χ4v) is 3.64.